The smallest absolute Gasteiger partial charge is 0.353 e. The van der Waals surface area contributed by atoms with Gasteiger partial charge in [-0.25, -0.2) is 4.79 Å². The molecule has 0 aromatic rings. The molecular weight excluding hydrogens is 198 g/mol. The summed E-state index contributed by atoms with van der Waals surface area (Å²) in [5.74, 6) is 0.478. The minimum absolute atomic E-state index is 0.237. The number of unbranched alkanes of at least 4 members (excludes halogenated alkanes) is 1. The third-order valence-electron chi connectivity index (χ3n) is 2.03. The maximum atomic E-state index is 11.3. The van der Waals surface area contributed by atoms with Crippen LogP contribution in [0, 0.1) is 0 Å². The molecule has 0 fully saturated rings. The minimum atomic E-state index is -0.237. The Hall–Kier alpha value is -0.510. The fourth-order valence-corrected chi connectivity index (χ4v) is 2.35. The first-order valence-corrected chi connectivity index (χ1v) is 6.18. The van der Waals surface area contributed by atoms with Gasteiger partial charge in [0.2, 0.25) is 0 Å². The van der Waals surface area contributed by atoms with E-state index < -0.39 is 0 Å². The van der Waals surface area contributed by atoms with E-state index in [1.165, 1.54) is 12.8 Å². The van der Waals surface area contributed by atoms with E-state index in [1.807, 2.05) is 6.92 Å². The molecule has 0 saturated carbocycles. The molecule has 0 aliphatic carbocycles. The number of carbonyl (C=O) groups is 1. The van der Waals surface area contributed by atoms with Crippen LogP contribution in [0.5, 0.6) is 0 Å². The van der Waals surface area contributed by atoms with Crippen LogP contribution >= 0.6 is 11.8 Å². The molecule has 80 valence electrons. The van der Waals surface area contributed by atoms with Crippen molar-refractivity contribution in [3.05, 3.63) is 0 Å². The van der Waals surface area contributed by atoms with E-state index in [0.29, 0.717) is 18.1 Å². The number of esters is 1. The maximum absolute atomic E-state index is 11.3. The Morgan fingerprint density at radius 2 is 2.43 bits per heavy atom. The monoisotopic (exact) mass is 215 g/mol. The minimum Gasteiger partial charge on any atom is -0.461 e. The molecule has 0 aromatic carbocycles. The second-order valence-corrected chi connectivity index (χ2v) is 4.37. The van der Waals surface area contributed by atoms with E-state index in [0.717, 1.165) is 6.42 Å². The van der Waals surface area contributed by atoms with Gasteiger partial charge in [-0.3, -0.25) is 4.99 Å². The molecule has 1 aliphatic rings. The van der Waals surface area contributed by atoms with Gasteiger partial charge in [0, 0.05) is 5.75 Å². The number of hydrogen-bond acceptors (Lipinski definition) is 4. The molecule has 0 N–H and O–H groups in total. The lowest BCUT2D eigenvalue weighted by molar-refractivity contribution is -0.135. The molecule has 3 nitrogen and oxygen atoms in total. The molecule has 1 unspecified atom stereocenters. The number of carbonyl (C=O) groups excluding carboxylic acids is 1. The van der Waals surface area contributed by atoms with Crippen LogP contribution in [-0.4, -0.2) is 29.4 Å². The molecule has 0 bridgehead atoms. The number of rotatable bonds is 5. The van der Waals surface area contributed by atoms with E-state index in [2.05, 4.69) is 11.9 Å². The zero-order valence-corrected chi connectivity index (χ0v) is 9.60. The Labute approximate surface area is 89.3 Å². The number of aliphatic imine (C=N–C) groups is 1. The van der Waals surface area contributed by atoms with Crippen molar-refractivity contribution in [1.29, 1.82) is 0 Å². The molecule has 0 radical (unpaired) electrons. The second kappa shape index (κ2) is 6.06. The zero-order valence-electron chi connectivity index (χ0n) is 8.78. The first-order valence-electron chi connectivity index (χ1n) is 5.13. The van der Waals surface area contributed by atoms with Gasteiger partial charge in [0.1, 0.15) is 5.71 Å². The molecule has 1 rings (SSSR count). The Morgan fingerprint density at radius 3 is 3.07 bits per heavy atom. The Bertz CT molecular complexity index is 228. The summed E-state index contributed by atoms with van der Waals surface area (Å²) in [4.78, 5) is 15.6. The van der Waals surface area contributed by atoms with Gasteiger partial charge < -0.3 is 4.74 Å². The molecule has 0 spiro atoms. The summed E-state index contributed by atoms with van der Waals surface area (Å²) in [6.07, 6.45) is 3.43. The molecule has 4 heteroatoms. The van der Waals surface area contributed by atoms with E-state index in [4.69, 9.17) is 4.74 Å². The fourth-order valence-electron chi connectivity index (χ4n) is 1.28. The van der Waals surface area contributed by atoms with Gasteiger partial charge in [-0.1, -0.05) is 19.8 Å². The summed E-state index contributed by atoms with van der Waals surface area (Å²) in [5, 5.41) is 0.286. The van der Waals surface area contributed by atoms with Crippen molar-refractivity contribution in [1.82, 2.24) is 0 Å². The Morgan fingerprint density at radius 1 is 1.64 bits per heavy atom. The molecule has 14 heavy (non-hydrogen) atoms. The topological polar surface area (TPSA) is 38.7 Å². The van der Waals surface area contributed by atoms with E-state index in [1.54, 1.807) is 11.8 Å². The average Bonchev–Trinajstić information content (AvgIpc) is 2.63. The molecular formula is C10H17NO2S. The van der Waals surface area contributed by atoms with Crippen LogP contribution in [0.4, 0.5) is 0 Å². The van der Waals surface area contributed by atoms with Crippen molar-refractivity contribution in [2.75, 3.05) is 12.4 Å². The Kier molecular flexibility index (Phi) is 5.01. The first-order chi connectivity index (χ1) is 6.77. The highest BCUT2D eigenvalue weighted by Crippen LogP contribution is 2.25. The number of hydrogen-bond donors (Lipinski definition) is 0. The normalized spacial score (nSPS) is 20.7. The van der Waals surface area contributed by atoms with Crippen molar-refractivity contribution in [3.8, 4) is 0 Å². The lowest BCUT2D eigenvalue weighted by Gasteiger charge is -2.02. The van der Waals surface area contributed by atoms with Gasteiger partial charge in [-0.2, -0.15) is 0 Å². The maximum Gasteiger partial charge on any atom is 0.353 e. The number of nitrogens with zero attached hydrogens (tertiary/aromatic N) is 1. The molecule has 0 saturated heterocycles. The van der Waals surface area contributed by atoms with Crippen molar-refractivity contribution in [2.45, 2.75) is 38.5 Å². The van der Waals surface area contributed by atoms with Crippen LogP contribution in [0.25, 0.3) is 0 Å². The third kappa shape index (κ3) is 3.33. The Balaban J connectivity index is 2.37. The molecule has 0 aromatic heterocycles. The van der Waals surface area contributed by atoms with Crippen LogP contribution in [0.2, 0.25) is 0 Å². The predicted octanol–water partition coefficient (Wildman–Crippen LogP) is 2.25. The first kappa shape index (κ1) is 11.6. The van der Waals surface area contributed by atoms with Crippen LogP contribution in [0.3, 0.4) is 0 Å². The highest BCUT2D eigenvalue weighted by atomic mass is 32.2. The van der Waals surface area contributed by atoms with Gasteiger partial charge in [-0.05, 0) is 13.3 Å². The van der Waals surface area contributed by atoms with Crippen molar-refractivity contribution < 1.29 is 9.53 Å². The highest BCUT2D eigenvalue weighted by Gasteiger charge is 2.23. The van der Waals surface area contributed by atoms with E-state index in [-0.39, 0.29) is 11.3 Å². The summed E-state index contributed by atoms with van der Waals surface area (Å²) >= 11 is 1.74. The van der Waals surface area contributed by atoms with Crippen molar-refractivity contribution in [2.24, 2.45) is 4.99 Å². The summed E-state index contributed by atoms with van der Waals surface area (Å²) < 4.78 is 4.90. The second-order valence-electron chi connectivity index (χ2n) is 3.20. The summed E-state index contributed by atoms with van der Waals surface area (Å²) in [7, 11) is 0. The standard InChI is InChI=1S/C10H17NO2S/c1-3-5-6-9-11-8(7-14-9)10(12)13-4-2/h9H,3-7H2,1-2H3. The molecule has 1 aliphatic heterocycles. The lowest BCUT2D eigenvalue weighted by atomic mass is 10.2. The third-order valence-corrected chi connectivity index (χ3v) is 3.19. The summed E-state index contributed by atoms with van der Waals surface area (Å²) in [5.41, 5.74) is 0.609. The number of thioether (sulfide) groups is 1. The van der Waals surface area contributed by atoms with Gasteiger partial charge in [-0.15, -0.1) is 11.8 Å². The van der Waals surface area contributed by atoms with Crippen LogP contribution in [-0.2, 0) is 9.53 Å². The van der Waals surface area contributed by atoms with Crippen LogP contribution < -0.4 is 0 Å². The molecule has 1 atom stereocenters. The lowest BCUT2D eigenvalue weighted by Crippen LogP contribution is -2.17. The molecule has 0 amide bonds. The van der Waals surface area contributed by atoms with Crippen LogP contribution in [0.15, 0.2) is 4.99 Å². The number of ether oxygens (including phenoxy) is 1. The van der Waals surface area contributed by atoms with Crippen LogP contribution in [0.1, 0.15) is 33.1 Å². The SMILES string of the molecule is CCCCC1N=C(C(=O)OCC)CS1. The van der Waals surface area contributed by atoms with Gasteiger partial charge in [0.25, 0.3) is 0 Å². The van der Waals surface area contributed by atoms with E-state index >= 15 is 0 Å². The molecule has 1 heterocycles. The highest BCUT2D eigenvalue weighted by molar-refractivity contribution is 8.01. The zero-order chi connectivity index (χ0) is 10.4. The van der Waals surface area contributed by atoms with Gasteiger partial charge in [0.05, 0.1) is 12.0 Å². The predicted molar refractivity (Wildman–Crippen MR) is 59.8 cm³/mol. The van der Waals surface area contributed by atoms with Gasteiger partial charge >= 0.3 is 5.97 Å². The fraction of sp³-hybridized carbons (Fsp3) is 0.800. The van der Waals surface area contributed by atoms with Gasteiger partial charge in [0.15, 0.2) is 0 Å². The van der Waals surface area contributed by atoms with E-state index in [9.17, 15) is 4.79 Å². The summed E-state index contributed by atoms with van der Waals surface area (Å²) in [6, 6.07) is 0. The van der Waals surface area contributed by atoms with Crippen molar-refractivity contribution >= 4 is 23.4 Å². The summed E-state index contributed by atoms with van der Waals surface area (Å²) in [6.45, 7) is 4.41. The van der Waals surface area contributed by atoms with Crippen molar-refractivity contribution in [3.63, 3.8) is 0 Å². The largest absolute Gasteiger partial charge is 0.461 e. The average molecular weight is 215 g/mol. The quantitative estimate of drug-likeness (QED) is 0.660.